The first-order valence-electron chi connectivity index (χ1n) is 8.88. The zero-order valence-electron chi connectivity index (χ0n) is 15.4. The summed E-state index contributed by atoms with van der Waals surface area (Å²) in [5.41, 5.74) is 1.67. The lowest BCUT2D eigenvalue weighted by Gasteiger charge is -2.36. The Hall–Kier alpha value is -3.66. The van der Waals surface area contributed by atoms with Crippen LogP contribution >= 0.6 is 0 Å². The summed E-state index contributed by atoms with van der Waals surface area (Å²) in [4.78, 5) is 51.5. The minimum atomic E-state index is -1.22. The van der Waals surface area contributed by atoms with Crippen LogP contribution < -0.4 is 5.32 Å². The third-order valence-corrected chi connectivity index (χ3v) is 4.75. The molecule has 152 valence electrons. The number of aromatic amines is 1. The Morgan fingerprint density at radius 1 is 1.10 bits per heavy atom. The molecule has 1 saturated heterocycles. The normalized spacial score (nSPS) is 16.1. The van der Waals surface area contributed by atoms with Gasteiger partial charge >= 0.3 is 11.9 Å². The minimum Gasteiger partial charge on any atom is -0.480 e. The maximum Gasteiger partial charge on any atom is 0.328 e. The number of carbonyl (C=O) groups excluding carboxylic acids is 2. The van der Waals surface area contributed by atoms with E-state index in [2.05, 4.69) is 10.3 Å². The first kappa shape index (κ1) is 20.1. The molecule has 0 radical (unpaired) electrons. The summed E-state index contributed by atoms with van der Waals surface area (Å²) in [5.74, 6) is -2.80. The van der Waals surface area contributed by atoms with E-state index in [1.165, 1.54) is 0 Å². The van der Waals surface area contributed by atoms with Crippen LogP contribution in [0.15, 0.2) is 36.5 Å². The van der Waals surface area contributed by atoms with Crippen LogP contribution in [0.5, 0.6) is 0 Å². The molecule has 1 aliphatic heterocycles. The van der Waals surface area contributed by atoms with Gasteiger partial charge in [0.25, 0.3) is 0 Å². The second-order valence-corrected chi connectivity index (χ2v) is 6.58. The van der Waals surface area contributed by atoms with Gasteiger partial charge in [0.05, 0.1) is 0 Å². The van der Waals surface area contributed by atoms with Gasteiger partial charge in [-0.25, -0.2) is 4.79 Å². The summed E-state index contributed by atoms with van der Waals surface area (Å²) >= 11 is 0. The van der Waals surface area contributed by atoms with Crippen LogP contribution in [0.1, 0.15) is 11.6 Å². The minimum absolute atomic E-state index is 0.442. The topological polar surface area (TPSA) is 143 Å². The van der Waals surface area contributed by atoms with Gasteiger partial charge in [0.15, 0.2) is 0 Å². The number of piperazine rings is 1. The molecule has 0 saturated carbocycles. The van der Waals surface area contributed by atoms with E-state index in [0.717, 1.165) is 18.6 Å². The SMILES string of the molecule is O=CN1CCN(C(C(=O)O)c2c[nH]c3cc(NC(=O)C=CC(=O)O)ccc23)CC1. The fraction of sp³-hybridized carbons (Fsp3) is 0.263. The number of carboxylic acids is 2. The predicted octanol–water partition coefficient (Wildman–Crippen LogP) is 0.647. The van der Waals surface area contributed by atoms with E-state index < -0.39 is 23.9 Å². The van der Waals surface area contributed by atoms with Gasteiger partial charge < -0.3 is 25.4 Å². The highest BCUT2D eigenvalue weighted by atomic mass is 16.4. The highest BCUT2D eigenvalue weighted by Crippen LogP contribution is 2.31. The lowest BCUT2D eigenvalue weighted by Crippen LogP contribution is -2.48. The number of aliphatic carboxylic acids is 2. The molecule has 1 aromatic carbocycles. The lowest BCUT2D eigenvalue weighted by molar-refractivity contribution is -0.144. The highest BCUT2D eigenvalue weighted by Gasteiger charge is 2.31. The van der Waals surface area contributed by atoms with Crippen molar-refractivity contribution in [1.82, 2.24) is 14.8 Å². The molecule has 0 aliphatic carbocycles. The highest BCUT2D eigenvalue weighted by molar-refractivity contribution is 6.03. The van der Waals surface area contributed by atoms with E-state index >= 15 is 0 Å². The van der Waals surface area contributed by atoms with E-state index in [1.807, 2.05) is 4.90 Å². The monoisotopic (exact) mass is 400 g/mol. The molecule has 2 aromatic rings. The van der Waals surface area contributed by atoms with Crippen molar-refractivity contribution in [1.29, 1.82) is 0 Å². The van der Waals surface area contributed by atoms with E-state index in [1.54, 1.807) is 29.3 Å². The average molecular weight is 400 g/mol. The number of rotatable bonds is 7. The standard InChI is InChI=1S/C19H20N4O6/c24-11-22-5-7-23(8-6-22)18(19(28)29)14-10-20-15-9-12(1-2-13(14)15)21-16(25)3-4-17(26)27/h1-4,9-11,18,20H,5-8H2,(H,21,25)(H,26,27)(H,28,29). The van der Waals surface area contributed by atoms with Gasteiger partial charge in [0.2, 0.25) is 12.3 Å². The lowest BCUT2D eigenvalue weighted by atomic mass is 10.0. The van der Waals surface area contributed by atoms with Crippen LogP contribution in [0, 0.1) is 0 Å². The fourth-order valence-electron chi connectivity index (χ4n) is 3.37. The Morgan fingerprint density at radius 2 is 1.83 bits per heavy atom. The molecular weight excluding hydrogens is 380 g/mol. The van der Waals surface area contributed by atoms with Crippen LogP contribution in [0.3, 0.4) is 0 Å². The second kappa shape index (κ2) is 8.57. The summed E-state index contributed by atoms with van der Waals surface area (Å²) in [5, 5.41) is 21.6. The molecule has 10 heteroatoms. The molecule has 1 unspecified atom stereocenters. The summed E-state index contributed by atoms with van der Waals surface area (Å²) in [7, 11) is 0. The number of benzene rings is 1. The van der Waals surface area contributed by atoms with Crippen LogP contribution in [0.4, 0.5) is 5.69 Å². The zero-order chi connectivity index (χ0) is 21.0. The van der Waals surface area contributed by atoms with Crippen molar-refractivity contribution in [2.75, 3.05) is 31.5 Å². The Labute approximate surface area is 165 Å². The van der Waals surface area contributed by atoms with Gasteiger partial charge in [-0.3, -0.25) is 19.3 Å². The largest absolute Gasteiger partial charge is 0.480 e. The van der Waals surface area contributed by atoms with Gasteiger partial charge in [-0.15, -0.1) is 0 Å². The Balaban J connectivity index is 1.82. The number of hydrogen-bond acceptors (Lipinski definition) is 5. The maximum atomic E-state index is 12.0. The van der Waals surface area contributed by atoms with Crippen molar-refractivity contribution in [2.24, 2.45) is 0 Å². The predicted molar refractivity (Wildman–Crippen MR) is 103 cm³/mol. The Kier molecular flexibility index (Phi) is 5.93. The van der Waals surface area contributed by atoms with Gasteiger partial charge in [-0.05, 0) is 12.1 Å². The zero-order valence-corrected chi connectivity index (χ0v) is 15.4. The van der Waals surface area contributed by atoms with E-state index in [9.17, 15) is 24.3 Å². The molecule has 1 fully saturated rings. The molecule has 10 nitrogen and oxygen atoms in total. The summed E-state index contributed by atoms with van der Waals surface area (Å²) in [6, 6.07) is 4.11. The number of aromatic nitrogens is 1. The number of H-pyrrole nitrogens is 1. The molecule has 2 amide bonds. The molecule has 2 heterocycles. The Morgan fingerprint density at radius 3 is 2.45 bits per heavy atom. The molecule has 3 rings (SSSR count). The number of hydrogen-bond donors (Lipinski definition) is 4. The summed E-state index contributed by atoms with van der Waals surface area (Å²) < 4.78 is 0. The van der Waals surface area contributed by atoms with Crippen molar-refractivity contribution in [2.45, 2.75) is 6.04 Å². The van der Waals surface area contributed by atoms with Gasteiger partial charge in [-0.2, -0.15) is 0 Å². The number of fused-ring (bicyclic) bond motifs is 1. The molecule has 1 aromatic heterocycles. The Bertz CT molecular complexity index is 974. The third kappa shape index (κ3) is 4.61. The first-order valence-corrected chi connectivity index (χ1v) is 8.88. The van der Waals surface area contributed by atoms with E-state index in [4.69, 9.17) is 5.11 Å². The van der Waals surface area contributed by atoms with Crippen LogP contribution in [0.2, 0.25) is 0 Å². The molecule has 0 bridgehead atoms. The van der Waals surface area contributed by atoms with Crippen molar-refractivity contribution >= 4 is 40.8 Å². The number of nitrogens with zero attached hydrogens (tertiary/aromatic N) is 2. The van der Waals surface area contributed by atoms with Crippen LogP contribution in [-0.4, -0.2) is 75.4 Å². The van der Waals surface area contributed by atoms with E-state index in [0.29, 0.717) is 48.3 Å². The van der Waals surface area contributed by atoms with E-state index in [-0.39, 0.29) is 0 Å². The van der Waals surface area contributed by atoms with Gasteiger partial charge in [0.1, 0.15) is 6.04 Å². The van der Waals surface area contributed by atoms with Crippen LogP contribution in [0.25, 0.3) is 10.9 Å². The third-order valence-electron chi connectivity index (χ3n) is 4.75. The summed E-state index contributed by atoms with van der Waals surface area (Å²) in [6.07, 6.45) is 4.04. The molecule has 4 N–H and O–H groups in total. The van der Waals surface area contributed by atoms with Crippen molar-refractivity contribution in [3.8, 4) is 0 Å². The number of amides is 2. The van der Waals surface area contributed by atoms with Gasteiger partial charge in [0, 0.05) is 66.7 Å². The van der Waals surface area contributed by atoms with Crippen LogP contribution in [-0.2, 0) is 19.2 Å². The maximum absolute atomic E-state index is 12.0. The molecular formula is C19H20N4O6. The molecule has 1 aliphatic rings. The quantitative estimate of drug-likeness (QED) is 0.395. The fourth-order valence-corrected chi connectivity index (χ4v) is 3.37. The number of carbonyl (C=O) groups is 4. The smallest absolute Gasteiger partial charge is 0.328 e. The van der Waals surface area contributed by atoms with Gasteiger partial charge in [-0.1, -0.05) is 6.07 Å². The molecule has 1 atom stereocenters. The first-order chi connectivity index (χ1) is 13.9. The molecule has 0 spiro atoms. The molecule has 29 heavy (non-hydrogen) atoms. The van der Waals surface area contributed by atoms with Crippen molar-refractivity contribution in [3.05, 3.63) is 42.1 Å². The number of anilines is 1. The van der Waals surface area contributed by atoms with Crippen molar-refractivity contribution in [3.63, 3.8) is 0 Å². The number of carboxylic acid groups (broad SMARTS) is 2. The number of nitrogens with one attached hydrogen (secondary N) is 2. The average Bonchev–Trinajstić information content (AvgIpc) is 3.09. The van der Waals surface area contributed by atoms with Crippen molar-refractivity contribution < 1.29 is 29.4 Å². The second-order valence-electron chi connectivity index (χ2n) is 6.58. The summed E-state index contributed by atoms with van der Waals surface area (Å²) in [6.45, 7) is 1.84.